The lowest BCUT2D eigenvalue weighted by Crippen LogP contribution is -1.82. The first-order valence-electron chi connectivity index (χ1n) is 4.52. The van der Waals surface area contributed by atoms with Crippen molar-refractivity contribution in [1.29, 1.82) is 0 Å². The largest absolute Gasteiger partial charge is 0.508 e. The van der Waals surface area contributed by atoms with Crippen LogP contribution in [-0.4, -0.2) is 5.11 Å². The maximum atomic E-state index is 9.35. The minimum absolute atomic E-state index is 0.341. The van der Waals surface area contributed by atoms with E-state index in [9.17, 15) is 5.11 Å². The quantitative estimate of drug-likeness (QED) is 0.700. The molecule has 2 rings (SSSR count). The minimum atomic E-state index is 0.341. The van der Waals surface area contributed by atoms with Crippen LogP contribution in [-0.2, 0) is 6.42 Å². The molecular formula is C12H12O. The molecule has 0 aliphatic rings. The topological polar surface area (TPSA) is 20.2 Å². The monoisotopic (exact) mass is 172 g/mol. The lowest BCUT2D eigenvalue weighted by molar-refractivity contribution is 0.476. The van der Waals surface area contributed by atoms with Crippen LogP contribution in [0, 0.1) is 0 Å². The molecule has 0 aromatic heterocycles. The van der Waals surface area contributed by atoms with Gasteiger partial charge in [0.05, 0.1) is 0 Å². The van der Waals surface area contributed by atoms with E-state index in [4.69, 9.17) is 0 Å². The van der Waals surface area contributed by atoms with Crippen molar-refractivity contribution in [2.45, 2.75) is 13.3 Å². The number of fused-ring (bicyclic) bond motifs is 1. The molecule has 2 aromatic rings. The molecule has 0 amide bonds. The zero-order chi connectivity index (χ0) is 9.26. The number of aryl methyl sites for hydroxylation is 1. The Morgan fingerprint density at radius 2 is 2.00 bits per heavy atom. The number of rotatable bonds is 1. The molecule has 2 aromatic carbocycles. The van der Waals surface area contributed by atoms with Gasteiger partial charge in [-0.05, 0) is 34.9 Å². The van der Waals surface area contributed by atoms with E-state index in [1.807, 2.05) is 12.1 Å². The van der Waals surface area contributed by atoms with E-state index in [0.717, 1.165) is 11.8 Å². The summed E-state index contributed by atoms with van der Waals surface area (Å²) in [6, 6.07) is 11.7. The van der Waals surface area contributed by atoms with Gasteiger partial charge < -0.3 is 5.11 Å². The Morgan fingerprint density at radius 1 is 1.15 bits per heavy atom. The average molecular weight is 172 g/mol. The fourth-order valence-electron chi connectivity index (χ4n) is 1.63. The Kier molecular flexibility index (Phi) is 1.93. The van der Waals surface area contributed by atoms with Crippen molar-refractivity contribution in [3.8, 4) is 5.75 Å². The van der Waals surface area contributed by atoms with E-state index in [-0.39, 0.29) is 0 Å². The highest BCUT2D eigenvalue weighted by Gasteiger charge is 1.98. The SMILES string of the molecule is CCc1cccc2ccc(O)cc12. The predicted octanol–water partition coefficient (Wildman–Crippen LogP) is 3.11. The second-order valence-electron chi connectivity index (χ2n) is 3.18. The van der Waals surface area contributed by atoms with Crippen LogP contribution in [0.3, 0.4) is 0 Å². The van der Waals surface area contributed by atoms with Gasteiger partial charge in [0.2, 0.25) is 0 Å². The van der Waals surface area contributed by atoms with Crippen molar-refractivity contribution in [1.82, 2.24) is 0 Å². The molecule has 0 atom stereocenters. The molecule has 0 aliphatic carbocycles. The molecule has 0 radical (unpaired) electrons. The normalized spacial score (nSPS) is 10.5. The number of benzene rings is 2. The van der Waals surface area contributed by atoms with E-state index in [1.165, 1.54) is 10.9 Å². The van der Waals surface area contributed by atoms with Gasteiger partial charge in [0.1, 0.15) is 5.75 Å². The van der Waals surface area contributed by atoms with Gasteiger partial charge in [-0.3, -0.25) is 0 Å². The number of phenols is 1. The Morgan fingerprint density at radius 3 is 2.77 bits per heavy atom. The van der Waals surface area contributed by atoms with Crippen LogP contribution < -0.4 is 0 Å². The average Bonchev–Trinajstić information content (AvgIpc) is 2.17. The van der Waals surface area contributed by atoms with E-state index < -0.39 is 0 Å². The smallest absolute Gasteiger partial charge is 0.116 e. The van der Waals surface area contributed by atoms with Gasteiger partial charge in [0.15, 0.2) is 0 Å². The van der Waals surface area contributed by atoms with Gasteiger partial charge >= 0.3 is 0 Å². The molecule has 1 N–H and O–H groups in total. The van der Waals surface area contributed by atoms with Crippen molar-refractivity contribution < 1.29 is 5.11 Å². The van der Waals surface area contributed by atoms with Gasteiger partial charge in [0.25, 0.3) is 0 Å². The lowest BCUT2D eigenvalue weighted by Gasteiger charge is -2.03. The summed E-state index contributed by atoms with van der Waals surface area (Å²) in [7, 11) is 0. The molecule has 0 spiro atoms. The predicted molar refractivity (Wildman–Crippen MR) is 55.0 cm³/mol. The van der Waals surface area contributed by atoms with Crippen LogP contribution in [0.5, 0.6) is 5.75 Å². The first kappa shape index (κ1) is 8.11. The Balaban J connectivity index is 2.79. The van der Waals surface area contributed by atoms with Crippen LogP contribution in [0.25, 0.3) is 10.8 Å². The Hall–Kier alpha value is -1.50. The molecule has 0 saturated heterocycles. The third-order valence-corrected chi connectivity index (χ3v) is 2.34. The summed E-state index contributed by atoms with van der Waals surface area (Å²) in [5.41, 5.74) is 1.29. The second kappa shape index (κ2) is 3.09. The molecule has 0 bridgehead atoms. The van der Waals surface area contributed by atoms with Crippen LogP contribution in [0.4, 0.5) is 0 Å². The van der Waals surface area contributed by atoms with Gasteiger partial charge in [-0.15, -0.1) is 0 Å². The van der Waals surface area contributed by atoms with Crippen molar-refractivity contribution in [3.05, 3.63) is 42.0 Å². The molecule has 0 aliphatic heterocycles. The zero-order valence-corrected chi connectivity index (χ0v) is 7.62. The molecule has 1 heteroatoms. The summed E-state index contributed by atoms with van der Waals surface area (Å²) in [6.45, 7) is 2.12. The van der Waals surface area contributed by atoms with Gasteiger partial charge in [-0.25, -0.2) is 0 Å². The summed E-state index contributed by atoms with van der Waals surface area (Å²) in [5, 5.41) is 11.7. The third-order valence-electron chi connectivity index (χ3n) is 2.34. The lowest BCUT2D eigenvalue weighted by atomic mass is 10.0. The number of hydrogen-bond acceptors (Lipinski definition) is 1. The van der Waals surface area contributed by atoms with Crippen molar-refractivity contribution in [2.75, 3.05) is 0 Å². The summed E-state index contributed by atoms with van der Waals surface area (Å²) in [5.74, 6) is 0.341. The first-order valence-corrected chi connectivity index (χ1v) is 4.52. The van der Waals surface area contributed by atoms with Crippen LogP contribution in [0.15, 0.2) is 36.4 Å². The third kappa shape index (κ3) is 1.37. The van der Waals surface area contributed by atoms with E-state index in [2.05, 4.69) is 25.1 Å². The standard InChI is InChI=1S/C12H12O/c1-2-9-4-3-5-10-6-7-11(13)8-12(9)10/h3-8,13H,2H2,1H3. The Labute approximate surface area is 77.6 Å². The summed E-state index contributed by atoms with van der Waals surface area (Å²) in [6.07, 6.45) is 1.00. The molecule has 0 fully saturated rings. The van der Waals surface area contributed by atoms with Crippen LogP contribution >= 0.6 is 0 Å². The first-order chi connectivity index (χ1) is 6.31. The van der Waals surface area contributed by atoms with Crippen LogP contribution in [0.2, 0.25) is 0 Å². The summed E-state index contributed by atoms with van der Waals surface area (Å²) in [4.78, 5) is 0. The van der Waals surface area contributed by atoms with Gasteiger partial charge in [0, 0.05) is 0 Å². The van der Waals surface area contributed by atoms with Crippen molar-refractivity contribution >= 4 is 10.8 Å². The maximum Gasteiger partial charge on any atom is 0.116 e. The molecule has 0 saturated carbocycles. The van der Waals surface area contributed by atoms with E-state index in [0.29, 0.717) is 5.75 Å². The molecular weight excluding hydrogens is 160 g/mol. The zero-order valence-electron chi connectivity index (χ0n) is 7.62. The van der Waals surface area contributed by atoms with E-state index >= 15 is 0 Å². The minimum Gasteiger partial charge on any atom is -0.508 e. The number of aromatic hydroxyl groups is 1. The highest BCUT2D eigenvalue weighted by Crippen LogP contribution is 2.23. The highest BCUT2D eigenvalue weighted by molar-refractivity contribution is 5.86. The maximum absolute atomic E-state index is 9.35. The highest BCUT2D eigenvalue weighted by atomic mass is 16.3. The van der Waals surface area contributed by atoms with Crippen molar-refractivity contribution in [3.63, 3.8) is 0 Å². The Bertz CT molecular complexity index is 432. The number of hydrogen-bond donors (Lipinski definition) is 1. The molecule has 66 valence electrons. The molecule has 13 heavy (non-hydrogen) atoms. The van der Waals surface area contributed by atoms with E-state index in [1.54, 1.807) is 6.07 Å². The molecule has 0 heterocycles. The van der Waals surface area contributed by atoms with Gasteiger partial charge in [-0.2, -0.15) is 0 Å². The number of phenolic OH excluding ortho intramolecular Hbond substituents is 1. The van der Waals surface area contributed by atoms with Crippen molar-refractivity contribution in [2.24, 2.45) is 0 Å². The molecule has 0 unspecified atom stereocenters. The molecule has 1 nitrogen and oxygen atoms in total. The second-order valence-corrected chi connectivity index (χ2v) is 3.18. The van der Waals surface area contributed by atoms with Crippen LogP contribution in [0.1, 0.15) is 12.5 Å². The fourth-order valence-corrected chi connectivity index (χ4v) is 1.63. The summed E-state index contributed by atoms with van der Waals surface area (Å²) < 4.78 is 0. The fraction of sp³-hybridized carbons (Fsp3) is 0.167. The summed E-state index contributed by atoms with van der Waals surface area (Å²) >= 11 is 0. The van der Waals surface area contributed by atoms with Gasteiger partial charge in [-0.1, -0.05) is 31.2 Å².